The Bertz CT molecular complexity index is 275. The maximum absolute atomic E-state index is 11.2. The largest absolute Gasteiger partial charge is 0.382 e. The number of carbonyl (C=O) groups excluding carboxylic acids is 1. The lowest BCUT2D eigenvalue weighted by Crippen LogP contribution is -2.28. The van der Waals surface area contributed by atoms with Crippen molar-refractivity contribution in [2.24, 2.45) is 0 Å². The van der Waals surface area contributed by atoms with E-state index in [4.69, 9.17) is 9.47 Å². The molecule has 0 aliphatic heterocycles. The highest BCUT2D eigenvalue weighted by molar-refractivity contribution is 5.77. The van der Waals surface area contributed by atoms with E-state index in [9.17, 15) is 4.79 Å². The number of hydrogen-bond acceptors (Lipinski definition) is 5. The minimum absolute atomic E-state index is 0.0253. The van der Waals surface area contributed by atoms with Crippen LogP contribution in [0.4, 0.5) is 0 Å². The van der Waals surface area contributed by atoms with Crippen LogP contribution in [0.2, 0.25) is 0 Å². The monoisotopic (exact) mass is 214 g/mol. The van der Waals surface area contributed by atoms with E-state index in [2.05, 4.69) is 20.5 Å². The van der Waals surface area contributed by atoms with Crippen molar-refractivity contribution in [3.8, 4) is 0 Å². The molecule has 0 spiro atoms. The first-order valence-electron chi connectivity index (χ1n) is 4.50. The predicted octanol–water partition coefficient (Wildman–Crippen LogP) is -0.916. The topological polar surface area (TPSA) is 89.1 Å². The first-order chi connectivity index (χ1) is 7.33. The van der Waals surface area contributed by atoms with Gasteiger partial charge in [0.25, 0.3) is 0 Å². The fourth-order valence-electron chi connectivity index (χ4n) is 0.856. The average Bonchev–Trinajstić information content (AvgIpc) is 2.74. The lowest BCUT2D eigenvalue weighted by Gasteiger charge is -2.04. The Kier molecular flexibility index (Phi) is 5.34. The molecule has 0 aliphatic rings. The van der Waals surface area contributed by atoms with Gasteiger partial charge in [-0.3, -0.25) is 9.89 Å². The normalized spacial score (nSPS) is 10.2. The predicted molar refractivity (Wildman–Crippen MR) is 50.9 cm³/mol. The molecule has 84 valence electrons. The zero-order chi connectivity index (χ0) is 10.9. The minimum Gasteiger partial charge on any atom is -0.382 e. The minimum atomic E-state index is -0.192. The molecule has 0 bridgehead atoms. The molecule has 1 aromatic rings. The number of hydrogen-bond donors (Lipinski definition) is 2. The molecule has 1 heterocycles. The number of aromatic amines is 1. The molecule has 0 fully saturated rings. The van der Waals surface area contributed by atoms with Crippen molar-refractivity contribution in [2.45, 2.75) is 6.54 Å². The number of H-pyrrole nitrogens is 1. The number of methoxy groups -OCH3 is 1. The van der Waals surface area contributed by atoms with Crippen LogP contribution in [-0.4, -0.2) is 48.0 Å². The van der Waals surface area contributed by atoms with Gasteiger partial charge in [-0.25, -0.2) is 4.98 Å². The summed E-state index contributed by atoms with van der Waals surface area (Å²) in [6.07, 6.45) is 1.39. The van der Waals surface area contributed by atoms with Crippen LogP contribution in [0.15, 0.2) is 6.33 Å². The summed E-state index contributed by atoms with van der Waals surface area (Å²) in [5.41, 5.74) is 0. The number of amides is 1. The Balaban J connectivity index is 2.04. The van der Waals surface area contributed by atoms with E-state index in [1.54, 1.807) is 7.11 Å². The number of nitrogens with one attached hydrogen (secondary N) is 2. The third-order valence-corrected chi connectivity index (χ3v) is 1.58. The molecular weight excluding hydrogens is 200 g/mol. The molecule has 1 aromatic heterocycles. The van der Waals surface area contributed by atoms with Crippen LogP contribution in [0.25, 0.3) is 0 Å². The number of carbonyl (C=O) groups is 1. The second kappa shape index (κ2) is 6.91. The standard InChI is InChI=1S/C8H14N4O3/c1-14-2-3-15-5-8(13)9-4-7-10-6-11-12-7/h6H,2-5H2,1H3,(H,9,13)(H,10,11,12). The van der Waals surface area contributed by atoms with Crippen molar-refractivity contribution in [3.63, 3.8) is 0 Å². The van der Waals surface area contributed by atoms with Crippen molar-refractivity contribution in [1.29, 1.82) is 0 Å². The maximum atomic E-state index is 11.2. The SMILES string of the molecule is COCCOCC(=O)NCc1ncn[nH]1. The Hall–Kier alpha value is -1.47. The summed E-state index contributed by atoms with van der Waals surface area (Å²) in [6.45, 7) is 1.24. The van der Waals surface area contributed by atoms with Gasteiger partial charge in [0.05, 0.1) is 19.8 Å². The molecule has 0 radical (unpaired) electrons. The van der Waals surface area contributed by atoms with E-state index in [-0.39, 0.29) is 12.5 Å². The Morgan fingerprint density at radius 1 is 1.60 bits per heavy atom. The highest BCUT2D eigenvalue weighted by atomic mass is 16.5. The van der Waals surface area contributed by atoms with Crippen LogP contribution in [0.3, 0.4) is 0 Å². The first kappa shape index (κ1) is 11.6. The van der Waals surface area contributed by atoms with E-state index in [0.717, 1.165) is 0 Å². The highest BCUT2D eigenvalue weighted by Crippen LogP contribution is 1.84. The first-order valence-corrected chi connectivity index (χ1v) is 4.50. The van der Waals surface area contributed by atoms with Crippen LogP contribution in [0, 0.1) is 0 Å². The second-order valence-electron chi connectivity index (χ2n) is 2.75. The molecule has 0 unspecified atom stereocenters. The zero-order valence-corrected chi connectivity index (χ0v) is 8.52. The number of aromatic nitrogens is 3. The molecule has 1 amide bonds. The van der Waals surface area contributed by atoms with Gasteiger partial charge in [0, 0.05) is 7.11 Å². The van der Waals surface area contributed by atoms with E-state index < -0.39 is 0 Å². The molecule has 0 saturated heterocycles. The van der Waals surface area contributed by atoms with Gasteiger partial charge in [-0.15, -0.1) is 0 Å². The summed E-state index contributed by atoms with van der Waals surface area (Å²) in [6, 6.07) is 0. The van der Waals surface area contributed by atoms with Crippen molar-refractivity contribution < 1.29 is 14.3 Å². The highest BCUT2D eigenvalue weighted by Gasteiger charge is 2.02. The number of ether oxygens (including phenoxy) is 2. The summed E-state index contributed by atoms with van der Waals surface area (Å²) in [7, 11) is 1.58. The van der Waals surface area contributed by atoms with Crippen LogP contribution in [0.5, 0.6) is 0 Å². The molecule has 1 rings (SSSR count). The summed E-state index contributed by atoms with van der Waals surface area (Å²) in [4.78, 5) is 15.0. The van der Waals surface area contributed by atoms with Crippen LogP contribution in [-0.2, 0) is 20.8 Å². The van der Waals surface area contributed by atoms with Gasteiger partial charge in [0.15, 0.2) is 0 Å². The fraction of sp³-hybridized carbons (Fsp3) is 0.625. The summed E-state index contributed by atoms with van der Waals surface area (Å²) < 4.78 is 9.79. The molecule has 2 N–H and O–H groups in total. The van der Waals surface area contributed by atoms with E-state index in [0.29, 0.717) is 25.6 Å². The molecule has 7 heteroatoms. The van der Waals surface area contributed by atoms with Crippen LogP contribution >= 0.6 is 0 Å². The smallest absolute Gasteiger partial charge is 0.246 e. The molecular formula is C8H14N4O3. The lowest BCUT2D eigenvalue weighted by molar-refractivity contribution is -0.126. The Morgan fingerprint density at radius 2 is 2.47 bits per heavy atom. The molecule has 0 atom stereocenters. The molecule has 0 saturated carbocycles. The van der Waals surface area contributed by atoms with E-state index in [1.807, 2.05) is 0 Å². The van der Waals surface area contributed by atoms with Gasteiger partial charge in [0.1, 0.15) is 18.8 Å². The van der Waals surface area contributed by atoms with Crippen molar-refractivity contribution in [3.05, 3.63) is 12.2 Å². The van der Waals surface area contributed by atoms with E-state index >= 15 is 0 Å². The van der Waals surface area contributed by atoms with Crippen LogP contribution in [0.1, 0.15) is 5.82 Å². The molecule has 15 heavy (non-hydrogen) atoms. The number of rotatable bonds is 7. The summed E-state index contributed by atoms with van der Waals surface area (Å²) in [5.74, 6) is 0.419. The maximum Gasteiger partial charge on any atom is 0.246 e. The second-order valence-corrected chi connectivity index (χ2v) is 2.75. The van der Waals surface area contributed by atoms with Crippen LogP contribution < -0.4 is 5.32 Å². The van der Waals surface area contributed by atoms with Crippen molar-refractivity contribution >= 4 is 5.91 Å². The average molecular weight is 214 g/mol. The van der Waals surface area contributed by atoms with Gasteiger partial charge in [-0.1, -0.05) is 0 Å². The zero-order valence-electron chi connectivity index (χ0n) is 8.52. The quantitative estimate of drug-likeness (QED) is 0.573. The van der Waals surface area contributed by atoms with Gasteiger partial charge in [0.2, 0.25) is 5.91 Å². The Labute approximate surface area is 87.2 Å². The van der Waals surface area contributed by atoms with Crippen molar-refractivity contribution in [1.82, 2.24) is 20.5 Å². The third-order valence-electron chi connectivity index (χ3n) is 1.58. The molecule has 7 nitrogen and oxygen atoms in total. The van der Waals surface area contributed by atoms with Gasteiger partial charge in [-0.05, 0) is 0 Å². The Morgan fingerprint density at radius 3 is 3.13 bits per heavy atom. The number of nitrogens with zero attached hydrogens (tertiary/aromatic N) is 2. The summed E-state index contributed by atoms with van der Waals surface area (Å²) >= 11 is 0. The van der Waals surface area contributed by atoms with Gasteiger partial charge < -0.3 is 14.8 Å². The molecule has 0 aromatic carbocycles. The van der Waals surface area contributed by atoms with Gasteiger partial charge in [-0.2, -0.15) is 5.10 Å². The van der Waals surface area contributed by atoms with E-state index in [1.165, 1.54) is 6.33 Å². The lowest BCUT2D eigenvalue weighted by atomic mass is 10.5. The van der Waals surface area contributed by atoms with Crippen molar-refractivity contribution in [2.75, 3.05) is 26.9 Å². The third kappa shape index (κ3) is 5.08. The fourth-order valence-corrected chi connectivity index (χ4v) is 0.856. The molecule has 0 aliphatic carbocycles. The summed E-state index contributed by atoms with van der Waals surface area (Å²) in [5, 5.41) is 8.91. The van der Waals surface area contributed by atoms with Gasteiger partial charge >= 0.3 is 0 Å².